The van der Waals surface area contributed by atoms with Gasteiger partial charge >= 0.3 is 5.97 Å². The lowest BCUT2D eigenvalue weighted by atomic mass is 9.70. The van der Waals surface area contributed by atoms with E-state index in [1.165, 1.54) is 12.1 Å². The van der Waals surface area contributed by atoms with E-state index in [1.807, 2.05) is 36.1 Å². The Bertz CT molecular complexity index is 2130. The monoisotopic (exact) mass is 897 g/mol. The molecule has 328 valence electrons. The van der Waals surface area contributed by atoms with Gasteiger partial charge in [0.05, 0.1) is 39.0 Å². The van der Waals surface area contributed by atoms with Crippen LogP contribution in [0.3, 0.4) is 0 Å². The number of fused-ring (bicyclic) bond motifs is 4. The summed E-state index contributed by atoms with van der Waals surface area (Å²) in [5.74, 6) is -0.846. The molecule has 0 saturated carbocycles. The van der Waals surface area contributed by atoms with Gasteiger partial charge in [0.1, 0.15) is 16.7 Å². The van der Waals surface area contributed by atoms with Gasteiger partial charge in [-0.05, 0) is 127 Å². The lowest BCUT2D eigenvalue weighted by molar-refractivity contribution is -0.777. The van der Waals surface area contributed by atoms with E-state index < -0.39 is 42.8 Å². The zero-order chi connectivity index (χ0) is 41.0. The van der Waals surface area contributed by atoms with Gasteiger partial charge in [-0.1, -0.05) is 38.6 Å². The number of nitrogens with zero attached hydrogens (tertiary/aromatic N) is 4. The largest absolute Gasteiger partial charge is 0.748 e. The minimum Gasteiger partial charge on any atom is -0.748 e. The molecule has 4 aliphatic rings. The molecule has 59 heavy (non-hydrogen) atoms. The van der Waals surface area contributed by atoms with Gasteiger partial charge in [-0.3, -0.25) is 9.94 Å². The van der Waals surface area contributed by atoms with Crippen LogP contribution in [-0.4, -0.2) is 110 Å². The number of unbranched alkanes of at least 4 members (excludes halogenated alkanes) is 1. The van der Waals surface area contributed by atoms with Crippen LogP contribution in [0.15, 0.2) is 70.1 Å². The summed E-state index contributed by atoms with van der Waals surface area (Å²) in [7, 11) is -9.01. The number of hydrogen-bond acceptors (Lipinski definition) is 17. The second kappa shape index (κ2) is 20.3. The van der Waals surface area contributed by atoms with E-state index in [-0.39, 0.29) is 32.7 Å². The Hall–Kier alpha value is -2.86. The van der Waals surface area contributed by atoms with Gasteiger partial charge in [0.25, 0.3) is 0 Å². The molecule has 20 heteroatoms. The van der Waals surface area contributed by atoms with Crippen LogP contribution in [0.4, 0.5) is 11.4 Å². The normalized spacial score (nSPS) is 19.6. The van der Waals surface area contributed by atoms with Gasteiger partial charge < -0.3 is 29.0 Å². The first-order chi connectivity index (χ1) is 27.2. The van der Waals surface area contributed by atoms with Crippen LogP contribution in [-0.2, 0) is 50.1 Å². The van der Waals surface area contributed by atoms with Crippen LogP contribution < -0.4 is 15.0 Å². The number of allylic oxidation sites excluding steroid dienone is 4. The SMILES string of the molecule is C.C.CCN1C(=CC=CC2=[N+](CC)c3ccc(S(=O)(=O)[O-])cc3C23CCN(CCCCS(=O)(=O)[O-])CC3)C2(CCN(CC(=O)ONS)CC2)c2cc(SOO[O-])ccc21. The van der Waals surface area contributed by atoms with E-state index in [9.17, 15) is 36.0 Å². The third-order valence-corrected chi connectivity index (χ3v) is 14.0. The number of piperidine rings is 2. The summed E-state index contributed by atoms with van der Waals surface area (Å²) in [4.78, 5) is 26.2. The van der Waals surface area contributed by atoms with E-state index in [1.54, 1.807) is 6.07 Å². The second-order valence-electron chi connectivity index (χ2n) is 14.6. The van der Waals surface area contributed by atoms with Crippen molar-refractivity contribution in [1.82, 2.24) is 14.7 Å². The standard InChI is InChI=1S/C37H49N5O11S4.2CH4/c1-3-41-31-12-10-27(55-53-52-44)24-29(31)36(16-21-40(22-17-36)26-35(43)51-38-54)33(41)8-7-9-34-37(14-19-39(20-15-37)18-5-6-23-56(45,46)47)30-25-28(57(48,49)50)11-13-32(30)42(34)4-2;;/h7-13,24-25,38,54H,3-6,14-23,26H2,1-2H3,(H2-,44,45,46,47,48,49,50);2*1H4/p-2. The Kier molecular flexibility index (Phi) is 16.8. The van der Waals surface area contributed by atoms with E-state index in [2.05, 4.69) is 60.5 Å². The van der Waals surface area contributed by atoms with E-state index >= 15 is 0 Å². The molecule has 0 aliphatic carbocycles. The van der Waals surface area contributed by atoms with Gasteiger partial charge in [-0.15, -0.1) is 0 Å². The highest BCUT2D eigenvalue weighted by atomic mass is 32.2. The van der Waals surface area contributed by atoms with E-state index in [0.717, 1.165) is 46.0 Å². The highest BCUT2D eigenvalue weighted by molar-refractivity contribution is 7.94. The topological polar surface area (TPSA) is 207 Å². The van der Waals surface area contributed by atoms with Gasteiger partial charge in [0.15, 0.2) is 5.71 Å². The molecular weight excluding hydrogens is 843 g/mol. The van der Waals surface area contributed by atoms with Gasteiger partial charge in [-0.25, -0.2) is 21.6 Å². The molecule has 2 aromatic carbocycles. The molecule has 2 spiro atoms. The molecule has 0 bridgehead atoms. The molecule has 1 N–H and O–H groups in total. The number of thiol groups is 1. The number of nitrogens with one attached hydrogen (secondary N) is 1. The highest BCUT2D eigenvalue weighted by Gasteiger charge is 2.53. The lowest BCUT2D eigenvalue weighted by Gasteiger charge is -2.41. The smallest absolute Gasteiger partial charge is 0.339 e. The van der Waals surface area contributed by atoms with Crippen molar-refractivity contribution in [2.24, 2.45) is 0 Å². The molecule has 0 atom stereocenters. The fraction of sp³-hybridized carbons (Fsp3) is 0.538. The predicted octanol–water partition coefficient (Wildman–Crippen LogP) is 4.08. The fourth-order valence-electron chi connectivity index (χ4n) is 9.17. The molecule has 0 radical (unpaired) electrons. The van der Waals surface area contributed by atoms with Crippen molar-refractivity contribution in [1.29, 1.82) is 0 Å². The van der Waals surface area contributed by atoms with Crippen LogP contribution in [0.25, 0.3) is 0 Å². The number of anilines is 1. The number of likely N-dealkylation sites (tertiary alicyclic amines) is 2. The summed E-state index contributed by atoms with van der Waals surface area (Å²) < 4.78 is 77.0. The number of carbonyl (C=O) groups is 1. The van der Waals surface area contributed by atoms with Crippen molar-refractivity contribution in [3.8, 4) is 0 Å². The molecule has 16 nitrogen and oxygen atoms in total. The Balaban J connectivity index is 0.00000384. The number of carbonyl (C=O) groups excluding carboxylic acids is 1. The molecule has 0 aromatic heterocycles. The average Bonchev–Trinajstić information content (AvgIpc) is 3.57. The lowest BCUT2D eigenvalue weighted by Crippen LogP contribution is -2.46. The molecule has 2 fully saturated rings. The third-order valence-electron chi connectivity index (χ3n) is 11.7. The number of benzene rings is 2. The number of likely N-dealkylation sites (N-methyl/N-ethyl adjacent to an activating group) is 1. The van der Waals surface area contributed by atoms with Crippen molar-refractivity contribution >= 4 is 68.1 Å². The first-order valence-corrected chi connectivity index (χ1v) is 23.0. The van der Waals surface area contributed by atoms with Gasteiger partial charge in [0, 0.05) is 51.7 Å². The van der Waals surface area contributed by atoms with Crippen molar-refractivity contribution in [2.45, 2.75) is 87.8 Å². The summed E-state index contributed by atoms with van der Waals surface area (Å²) in [6, 6.07) is 10.5. The molecule has 4 heterocycles. The van der Waals surface area contributed by atoms with Crippen LogP contribution in [0.2, 0.25) is 0 Å². The summed E-state index contributed by atoms with van der Waals surface area (Å²) >= 11 is 4.60. The van der Waals surface area contributed by atoms with Crippen LogP contribution >= 0.6 is 24.9 Å². The number of hydrogen-bond donors (Lipinski definition) is 2. The van der Waals surface area contributed by atoms with Gasteiger partial charge in [-0.2, -0.15) is 8.91 Å². The Labute approximate surface area is 358 Å². The number of rotatable bonds is 16. The van der Waals surface area contributed by atoms with E-state index in [0.29, 0.717) is 82.8 Å². The van der Waals surface area contributed by atoms with E-state index in [4.69, 9.17) is 4.84 Å². The maximum Gasteiger partial charge on any atom is 0.339 e. The van der Waals surface area contributed by atoms with Crippen molar-refractivity contribution in [2.75, 3.05) is 63.0 Å². The van der Waals surface area contributed by atoms with Crippen molar-refractivity contribution in [3.63, 3.8) is 0 Å². The first kappa shape index (κ1) is 48.8. The maximum atomic E-state index is 12.3. The molecule has 0 amide bonds. The molecule has 0 unspecified atom stereocenters. The highest BCUT2D eigenvalue weighted by Crippen LogP contribution is 2.54. The summed E-state index contributed by atoms with van der Waals surface area (Å²) in [6.07, 6.45) is 9.72. The summed E-state index contributed by atoms with van der Waals surface area (Å²) in [5, 5.41) is 14.3. The van der Waals surface area contributed by atoms with Crippen LogP contribution in [0.5, 0.6) is 0 Å². The molecule has 4 aliphatic heterocycles. The fourth-order valence-corrected chi connectivity index (χ4v) is 10.7. The predicted molar refractivity (Wildman–Crippen MR) is 225 cm³/mol. The average molecular weight is 898 g/mol. The van der Waals surface area contributed by atoms with Crippen molar-refractivity contribution < 1.29 is 54.8 Å². The van der Waals surface area contributed by atoms with Crippen molar-refractivity contribution in [3.05, 3.63) is 71.5 Å². The summed E-state index contributed by atoms with van der Waals surface area (Å²) in [5.41, 5.74) is 4.74. The zero-order valence-corrected chi connectivity index (χ0v) is 35.1. The first-order valence-electron chi connectivity index (χ1n) is 18.9. The minimum absolute atomic E-state index is 0. The molecule has 2 aromatic rings. The summed E-state index contributed by atoms with van der Waals surface area (Å²) in [6.45, 7) is 8.58. The van der Waals surface area contributed by atoms with Gasteiger partial charge in [0.2, 0.25) is 5.69 Å². The Morgan fingerprint density at radius 3 is 2.24 bits per heavy atom. The second-order valence-corrected chi connectivity index (χ2v) is 18.5. The quantitative estimate of drug-likeness (QED) is 0.0463. The Morgan fingerprint density at radius 2 is 1.63 bits per heavy atom. The molecule has 2 saturated heterocycles. The van der Waals surface area contributed by atoms with Crippen LogP contribution in [0, 0.1) is 0 Å². The maximum absolute atomic E-state index is 12.3. The molecule has 6 rings (SSSR count). The van der Waals surface area contributed by atoms with Crippen LogP contribution in [0.1, 0.15) is 78.4 Å². The third kappa shape index (κ3) is 10.4. The Morgan fingerprint density at radius 1 is 0.949 bits per heavy atom. The zero-order valence-electron chi connectivity index (χ0n) is 31.8. The minimum atomic E-state index is -4.72. The molecular formula is C39H55N5O11S4-2.